The highest BCUT2D eigenvalue weighted by molar-refractivity contribution is 5.77. The number of aromatic nitrogens is 2. The monoisotopic (exact) mass is 341 g/mol. The van der Waals surface area contributed by atoms with Crippen molar-refractivity contribution in [3.8, 4) is 12.1 Å². The van der Waals surface area contributed by atoms with Gasteiger partial charge in [-0.15, -0.1) is 0 Å². The SMILES string of the molecule is N#Cc1c2n(c(=O)n(CC(=O)NC3(C#N)CCCCC3)c1=O)CCC2. The van der Waals surface area contributed by atoms with Crippen molar-refractivity contribution in [3.63, 3.8) is 0 Å². The van der Waals surface area contributed by atoms with Crippen LogP contribution in [0.2, 0.25) is 0 Å². The van der Waals surface area contributed by atoms with Crippen LogP contribution in [0.15, 0.2) is 9.59 Å². The molecule has 2 heterocycles. The Bertz CT molecular complexity index is 906. The van der Waals surface area contributed by atoms with Crippen molar-refractivity contribution >= 4 is 5.91 Å². The van der Waals surface area contributed by atoms with Crippen LogP contribution in [0.5, 0.6) is 0 Å². The van der Waals surface area contributed by atoms with Gasteiger partial charge in [0.1, 0.15) is 23.7 Å². The Kier molecular flexibility index (Phi) is 4.45. The van der Waals surface area contributed by atoms with Crippen molar-refractivity contribution < 1.29 is 4.79 Å². The molecule has 1 aliphatic carbocycles. The lowest BCUT2D eigenvalue weighted by molar-refractivity contribution is -0.123. The fraction of sp³-hybridized carbons (Fsp3) is 0.588. The molecular formula is C17H19N5O3. The number of fused-ring (bicyclic) bond motifs is 1. The molecular weight excluding hydrogens is 322 g/mol. The van der Waals surface area contributed by atoms with Gasteiger partial charge in [0.25, 0.3) is 5.56 Å². The Hall–Kier alpha value is -2.87. The van der Waals surface area contributed by atoms with E-state index in [1.807, 2.05) is 6.07 Å². The Morgan fingerprint density at radius 1 is 1.16 bits per heavy atom. The molecule has 1 aromatic rings. The Balaban J connectivity index is 1.90. The number of nitriles is 2. The van der Waals surface area contributed by atoms with E-state index in [9.17, 15) is 24.9 Å². The Labute approximate surface area is 144 Å². The average molecular weight is 341 g/mol. The van der Waals surface area contributed by atoms with E-state index in [0.717, 1.165) is 23.8 Å². The van der Waals surface area contributed by atoms with Gasteiger partial charge in [0, 0.05) is 12.2 Å². The van der Waals surface area contributed by atoms with E-state index >= 15 is 0 Å². The first-order chi connectivity index (χ1) is 12.0. The van der Waals surface area contributed by atoms with E-state index in [1.54, 1.807) is 0 Å². The largest absolute Gasteiger partial charge is 0.336 e. The van der Waals surface area contributed by atoms with Crippen molar-refractivity contribution in [2.75, 3.05) is 0 Å². The molecule has 0 spiro atoms. The maximum atomic E-state index is 12.5. The highest BCUT2D eigenvalue weighted by atomic mass is 16.2. The van der Waals surface area contributed by atoms with Gasteiger partial charge in [-0.25, -0.2) is 9.36 Å². The summed E-state index contributed by atoms with van der Waals surface area (Å²) in [6.07, 6.45) is 5.07. The third kappa shape index (κ3) is 2.96. The van der Waals surface area contributed by atoms with Gasteiger partial charge in [0.15, 0.2) is 0 Å². The molecule has 0 aromatic carbocycles. The molecule has 0 unspecified atom stereocenters. The lowest BCUT2D eigenvalue weighted by Crippen LogP contribution is -2.52. The zero-order valence-electron chi connectivity index (χ0n) is 13.9. The van der Waals surface area contributed by atoms with Gasteiger partial charge in [0.05, 0.1) is 6.07 Å². The third-order valence-electron chi connectivity index (χ3n) is 5.04. The first kappa shape index (κ1) is 17.0. The summed E-state index contributed by atoms with van der Waals surface area (Å²) >= 11 is 0. The van der Waals surface area contributed by atoms with Crippen molar-refractivity contribution in [2.24, 2.45) is 0 Å². The van der Waals surface area contributed by atoms with E-state index in [0.29, 0.717) is 37.9 Å². The van der Waals surface area contributed by atoms with Crippen LogP contribution in [0, 0.1) is 22.7 Å². The topological polar surface area (TPSA) is 121 Å². The molecule has 1 saturated carbocycles. The number of nitrogens with zero attached hydrogens (tertiary/aromatic N) is 4. The fourth-order valence-corrected chi connectivity index (χ4v) is 3.76. The number of nitrogens with one attached hydrogen (secondary N) is 1. The molecule has 1 amide bonds. The van der Waals surface area contributed by atoms with Crippen LogP contribution in [0.3, 0.4) is 0 Å². The standard InChI is InChI=1S/C17H19N5O3/c18-9-12-13-5-4-8-21(13)16(25)22(15(12)24)10-14(23)20-17(11-19)6-2-1-3-7-17/h1-8,10H2,(H,20,23). The smallest absolute Gasteiger partial charge is 0.331 e. The Morgan fingerprint density at radius 2 is 1.88 bits per heavy atom. The maximum absolute atomic E-state index is 12.5. The molecule has 2 aliphatic rings. The quantitative estimate of drug-likeness (QED) is 0.840. The van der Waals surface area contributed by atoms with Crippen molar-refractivity contribution in [1.29, 1.82) is 10.5 Å². The van der Waals surface area contributed by atoms with Crippen LogP contribution < -0.4 is 16.6 Å². The number of carbonyl (C=O) groups excluding carboxylic acids is 1. The van der Waals surface area contributed by atoms with Gasteiger partial charge < -0.3 is 5.32 Å². The Morgan fingerprint density at radius 3 is 2.52 bits per heavy atom. The lowest BCUT2D eigenvalue weighted by atomic mass is 9.83. The van der Waals surface area contributed by atoms with Crippen LogP contribution in [0.1, 0.15) is 49.8 Å². The summed E-state index contributed by atoms with van der Waals surface area (Å²) in [4.78, 5) is 37.3. The fourth-order valence-electron chi connectivity index (χ4n) is 3.76. The number of hydrogen-bond acceptors (Lipinski definition) is 5. The molecule has 0 saturated heterocycles. The van der Waals surface area contributed by atoms with Crippen molar-refractivity contribution in [2.45, 2.75) is 63.6 Å². The highest BCUT2D eigenvalue weighted by Crippen LogP contribution is 2.27. The van der Waals surface area contributed by atoms with Gasteiger partial charge in [-0.05, 0) is 25.7 Å². The predicted octanol–water partition coefficient (Wildman–Crippen LogP) is 0.171. The minimum atomic E-state index is -0.927. The molecule has 0 bridgehead atoms. The second-order valence-corrected chi connectivity index (χ2v) is 6.67. The van der Waals surface area contributed by atoms with Gasteiger partial charge >= 0.3 is 5.69 Å². The molecule has 3 rings (SSSR count). The van der Waals surface area contributed by atoms with E-state index < -0.39 is 29.2 Å². The minimum absolute atomic E-state index is 0.0717. The molecule has 130 valence electrons. The second-order valence-electron chi connectivity index (χ2n) is 6.67. The molecule has 8 nitrogen and oxygen atoms in total. The van der Waals surface area contributed by atoms with Crippen LogP contribution >= 0.6 is 0 Å². The summed E-state index contributed by atoms with van der Waals surface area (Å²) in [7, 11) is 0. The molecule has 1 aliphatic heterocycles. The van der Waals surface area contributed by atoms with E-state index in [-0.39, 0.29) is 5.56 Å². The van der Waals surface area contributed by atoms with Crippen LogP contribution in [-0.2, 0) is 24.3 Å². The number of rotatable bonds is 3. The lowest BCUT2D eigenvalue weighted by Gasteiger charge is -2.31. The number of carbonyl (C=O) groups is 1. The normalized spacial score (nSPS) is 18.0. The van der Waals surface area contributed by atoms with E-state index in [2.05, 4.69) is 11.4 Å². The van der Waals surface area contributed by atoms with Gasteiger partial charge in [0.2, 0.25) is 5.91 Å². The number of hydrogen-bond donors (Lipinski definition) is 1. The number of amides is 1. The first-order valence-corrected chi connectivity index (χ1v) is 8.50. The van der Waals surface area contributed by atoms with Crippen LogP contribution in [0.25, 0.3) is 0 Å². The maximum Gasteiger partial charge on any atom is 0.331 e. The summed E-state index contributed by atoms with van der Waals surface area (Å²) in [5.74, 6) is -0.551. The molecule has 1 fully saturated rings. The van der Waals surface area contributed by atoms with Gasteiger partial charge in [-0.2, -0.15) is 10.5 Å². The van der Waals surface area contributed by atoms with Crippen LogP contribution in [0.4, 0.5) is 0 Å². The van der Waals surface area contributed by atoms with Crippen molar-refractivity contribution in [3.05, 3.63) is 32.1 Å². The zero-order chi connectivity index (χ0) is 18.0. The summed E-state index contributed by atoms with van der Waals surface area (Å²) < 4.78 is 2.20. The third-order valence-corrected chi connectivity index (χ3v) is 5.04. The van der Waals surface area contributed by atoms with Crippen molar-refractivity contribution in [1.82, 2.24) is 14.5 Å². The summed E-state index contributed by atoms with van der Waals surface area (Å²) in [5, 5.41) is 21.4. The van der Waals surface area contributed by atoms with E-state index in [4.69, 9.17) is 0 Å². The molecule has 8 heteroatoms. The van der Waals surface area contributed by atoms with E-state index in [1.165, 1.54) is 4.57 Å². The predicted molar refractivity (Wildman–Crippen MR) is 87.6 cm³/mol. The van der Waals surface area contributed by atoms with Gasteiger partial charge in [-0.1, -0.05) is 19.3 Å². The van der Waals surface area contributed by atoms with Gasteiger partial charge in [-0.3, -0.25) is 14.2 Å². The summed E-state index contributed by atoms with van der Waals surface area (Å²) in [6.45, 7) is -0.0388. The molecule has 1 aromatic heterocycles. The molecule has 25 heavy (non-hydrogen) atoms. The molecule has 0 atom stereocenters. The summed E-state index contributed by atoms with van der Waals surface area (Å²) in [6, 6.07) is 4.03. The highest BCUT2D eigenvalue weighted by Gasteiger charge is 2.34. The molecule has 1 N–H and O–H groups in total. The molecule has 0 radical (unpaired) electrons. The average Bonchev–Trinajstić information content (AvgIpc) is 3.09. The first-order valence-electron chi connectivity index (χ1n) is 8.50. The zero-order valence-corrected chi connectivity index (χ0v) is 13.9. The second kappa shape index (κ2) is 6.56. The summed E-state index contributed by atoms with van der Waals surface area (Å²) in [5.41, 5.74) is -1.84. The minimum Gasteiger partial charge on any atom is -0.336 e. The van der Waals surface area contributed by atoms with Crippen LogP contribution in [-0.4, -0.2) is 20.6 Å².